The highest BCUT2D eigenvalue weighted by Gasteiger charge is 2.34. The molecule has 1 N–H and O–H groups in total. The number of furan rings is 1. The van der Waals surface area contributed by atoms with Gasteiger partial charge in [-0.3, -0.25) is 14.7 Å². The molecule has 1 aliphatic heterocycles. The molecule has 0 saturated carbocycles. The van der Waals surface area contributed by atoms with Crippen LogP contribution in [0.1, 0.15) is 51.1 Å². The van der Waals surface area contributed by atoms with Crippen molar-refractivity contribution in [1.29, 1.82) is 0 Å². The van der Waals surface area contributed by atoms with E-state index in [1.54, 1.807) is 23.5 Å². The zero-order valence-electron chi connectivity index (χ0n) is 20.2. The highest BCUT2D eigenvalue weighted by atomic mass is 32.1. The van der Waals surface area contributed by atoms with E-state index >= 15 is 0 Å². The topological polar surface area (TPSA) is 61.6 Å². The number of aromatic nitrogens is 1. The molecule has 1 saturated heterocycles. The van der Waals surface area contributed by atoms with E-state index < -0.39 is 0 Å². The Hall–Kier alpha value is -3.42. The number of carbonyl (C=O) groups excluding carboxylic acids is 1. The van der Waals surface area contributed by atoms with Crippen LogP contribution in [0.5, 0.6) is 0 Å². The van der Waals surface area contributed by atoms with Gasteiger partial charge in [-0.2, -0.15) is 0 Å². The van der Waals surface area contributed by atoms with E-state index in [0.29, 0.717) is 5.76 Å². The smallest absolute Gasteiger partial charge is 0.291 e. The van der Waals surface area contributed by atoms with E-state index in [9.17, 15) is 4.79 Å². The molecule has 7 heteroatoms. The molecule has 4 heterocycles. The average molecular weight is 499 g/mol. The molecule has 1 aromatic carbocycles. The summed E-state index contributed by atoms with van der Waals surface area (Å²) in [6.07, 6.45) is 7.91. The van der Waals surface area contributed by atoms with Crippen molar-refractivity contribution in [2.45, 2.75) is 31.7 Å². The second kappa shape index (κ2) is 10.3. The van der Waals surface area contributed by atoms with Crippen molar-refractivity contribution >= 4 is 27.9 Å². The number of para-hydroxylation sites is 1. The number of nitrogens with zero attached hydrogens (tertiary/aromatic N) is 3. The number of piperazine rings is 1. The molecule has 1 atom stereocenters. The van der Waals surface area contributed by atoms with Crippen LogP contribution in [-0.4, -0.2) is 42.0 Å². The van der Waals surface area contributed by atoms with Crippen LogP contribution >= 0.6 is 11.3 Å². The lowest BCUT2D eigenvalue weighted by Gasteiger charge is -2.40. The zero-order chi connectivity index (χ0) is 24.3. The number of rotatable bonds is 6. The maximum absolute atomic E-state index is 13.0. The van der Waals surface area contributed by atoms with Gasteiger partial charge in [-0.25, -0.2) is 0 Å². The van der Waals surface area contributed by atoms with Crippen LogP contribution in [0.3, 0.4) is 0 Å². The van der Waals surface area contributed by atoms with Crippen LogP contribution in [0.4, 0.5) is 10.7 Å². The van der Waals surface area contributed by atoms with Gasteiger partial charge in [0, 0.05) is 48.5 Å². The quantitative estimate of drug-likeness (QED) is 0.365. The average Bonchev–Trinajstić information content (AvgIpc) is 3.60. The number of fused-ring (bicyclic) bond motifs is 1. The number of hydrogen-bond donors (Lipinski definition) is 1. The van der Waals surface area contributed by atoms with Crippen molar-refractivity contribution in [3.63, 3.8) is 0 Å². The summed E-state index contributed by atoms with van der Waals surface area (Å²) in [6, 6.07) is 20.2. The molecule has 36 heavy (non-hydrogen) atoms. The number of carbonyl (C=O) groups is 1. The third-order valence-electron chi connectivity index (χ3n) is 7.23. The second-order valence-electron chi connectivity index (χ2n) is 9.40. The van der Waals surface area contributed by atoms with Crippen molar-refractivity contribution in [1.82, 2.24) is 9.88 Å². The number of aryl methyl sites for hydroxylation is 1. The van der Waals surface area contributed by atoms with E-state index in [0.717, 1.165) is 49.7 Å². The minimum absolute atomic E-state index is 0.00544. The molecule has 1 fully saturated rings. The first-order chi connectivity index (χ1) is 17.8. The Bertz CT molecular complexity index is 1300. The minimum Gasteiger partial charge on any atom is -0.459 e. The van der Waals surface area contributed by atoms with E-state index in [-0.39, 0.29) is 11.9 Å². The van der Waals surface area contributed by atoms with Gasteiger partial charge in [-0.1, -0.05) is 24.3 Å². The molecular formula is C29H30N4O2S. The number of benzene rings is 1. The van der Waals surface area contributed by atoms with Crippen LogP contribution in [-0.2, 0) is 12.8 Å². The first-order valence-corrected chi connectivity index (χ1v) is 13.5. The minimum atomic E-state index is -0.200. The lowest BCUT2D eigenvalue weighted by molar-refractivity contribution is 0.0996. The predicted octanol–water partition coefficient (Wildman–Crippen LogP) is 5.78. The standard InChI is InChI=1S/C29H30N4O2S/c34-28(24-13-8-20-35-24)31-29-26(22-11-4-5-14-25(22)36-29)27(23-12-6-7-15-30-23)33-18-16-32(17-19-33)21-9-2-1-3-10-21/h1-3,6-10,12-13,15,20,27H,4-5,11,14,16-19H2,(H,31,34)/t27-/m1/s1. The van der Waals surface area contributed by atoms with Gasteiger partial charge in [-0.05, 0) is 67.6 Å². The molecule has 0 spiro atoms. The normalized spacial score (nSPS) is 16.9. The Morgan fingerprint density at radius 2 is 1.75 bits per heavy atom. The van der Waals surface area contributed by atoms with Crippen molar-refractivity contribution in [3.8, 4) is 0 Å². The van der Waals surface area contributed by atoms with E-state index in [1.807, 2.05) is 12.3 Å². The fourth-order valence-electron chi connectivity index (χ4n) is 5.48. The fourth-order valence-corrected chi connectivity index (χ4v) is 6.79. The number of nitrogens with one attached hydrogen (secondary N) is 1. The molecule has 0 radical (unpaired) electrons. The molecule has 2 aliphatic rings. The highest BCUT2D eigenvalue weighted by molar-refractivity contribution is 7.16. The molecule has 6 rings (SSSR count). The van der Waals surface area contributed by atoms with Gasteiger partial charge >= 0.3 is 0 Å². The lowest BCUT2D eigenvalue weighted by Crippen LogP contribution is -2.48. The summed E-state index contributed by atoms with van der Waals surface area (Å²) >= 11 is 1.73. The van der Waals surface area contributed by atoms with Crippen molar-refractivity contribution in [3.05, 3.63) is 101 Å². The molecule has 3 aromatic heterocycles. The maximum atomic E-state index is 13.0. The van der Waals surface area contributed by atoms with Crippen molar-refractivity contribution < 1.29 is 9.21 Å². The first kappa shape index (κ1) is 23.0. The van der Waals surface area contributed by atoms with Gasteiger partial charge in [0.2, 0.25) is 0 Å². The summed E-state index contributed by atoms with van der Waals surface area (Å²) in [6.45, 7) is 3.75. The van der Waals surface area contributed by atoms with Crippen LogP contribution in [0.2, 0.25) is 0 Å². The van der Waals surface area contributed by atoms with E-state index in [1.165, 1.54) is 40.8 Å². The third kappa shape index (κ3) is 4.56. The molecule has 0 unspecified atom stereocenters. The number of thiophene rings is 1. The summed E-state index contributed by atoms with van der Waals surface area (Å²) in [7, 11) is 0. The molecule has 6 nitrogen and oxygen atoms in total. The molecule has 1 aliphatic carbocycles. The fraction of sp³-hybridized carbons (Fsp3) is 0.310. The summed E-state index contributed by atoms with van der Waals surface area (Å²) < 4.78 is 5.39. The number of amides is 1. The Labute approximate surface area is 215 Å². The molecular weight excluding hydrogens is 468 g/mol. The van der Waals surface area contributed by atoms with Gasteiger partial charge < -0.3 is 14.6 Å². The Morgan fingerprint density at radius 3 is 2.50 bits per heavy atom. The van der Waals surface area contributed by atoms with Crippen molar-refractivity contribution in [2.24, 2.45) is 0 Å². The van der Waals surface area contributed by atoms with Crippen LogP contribution in [0, 0.1) is 0 Å². The predicted molar refractivity (Wildman–Crippen MR) is 144 cm³/mol. The van der Waals surface area contributed by atoms with Crippen LogP contribution in [0.15, 0.2) is 77.5 Å². The molecule has 184 valence electrons. The Kier molecular flexibility index (Phi) is 6.57. The highest BCUT2D eigenvalue weighted by Crippen LogP contribution is 2.45. The van der Waals surface area contributed by atoms with Gasteiger partial charge in [0.05, 0.1) is 18.0 Å². The number of anilines is 2. The number of pyridine rings is 1. The van der Waals surface area contributed by atoms with Crippen LogP contribution in [0.25, 0.3) is 0 Å². The first-order valence-electron chi connectivity index (χ1n) is 12.7. The maximum Gasteiger partial charge on any atom is 0.291 e. The summed E-state index contributed by atoms with van der Waals surface area (Å²) in [5.41, 5.74) is 4.93. The van der Waals surface area contributed by atoms with Crippen LogP contribution < -0.4 is 10.2 Å². The zero-order valence-corrected chi connectivity index (χ0v) is 21.0. The lowest BCUT2D eigenvalue weighted by atomic mass is 9.90. The number of hydrogen-bond acceptors (Lipinski definition) is 6. The largest absolute Gasteiger partial charge is 0.459 e. The molecule has 1 amide bonds. The SMILES string of the molecule is O=C(Nc1sc2c(c1[C@@H](c1ccccn1)N1CCN(c3ccccc3)CC1)CCCC2)c1ccco1. The molecule has 0 bridgehead atoms. The van der Waals surface area contributed by atoms with Gasteiger partial charge in [0.15, 0.2) is 5.76 Å². The third-order valence-corrected chi connectivity index (χ3v) is 8.45. The van der Waals surface area contributed by atoms with E-state index in [4.69, 9.17) is 9.40 Å². The summed E-state index contributed by atoms with van der Waals surface area (Å²) in [4.78, 5) is 24.3. The Morgan fingerprint density at radius 1 is 0.944 bits per heavy atom. The van der Waals surface area contributed by atoms with Gasteiger partial charge in [-0.15, -0.1) is 11.3 Å². The monoisotopic (exact) mass is 498 g/mol. The summed E-state index contributed by atoms with van der Waals surface area (Å²) in [5.74, 6) is 0.131. The summed E-state index contributed by atoms with van der Waals surface area (Å²) in [5, 5.41) is 4.15. The van der Waals surface area contributed by atoms with E-state index in [2.05, 4.69) is 57.6 Å². The van der Waals surface area contributed by atoms with Gasteiger partial charge in [0.1, 0.15) is 5.00 Å². The van der Waals surface area contributed by atoms with Crippen molar-refractivity contribution in [2.75, 3.05) is 36.4 Å². The molecule has 4 aromatic rings. The second-order valence-corrected chi connectivity index (χ2v) is 10.5. The van der Waals surface area contributed by atoms with Gasteiger partial charge in [0.25, 0.3) is 5.91 Å². The Balaban J connectivity index is 1.36.